The molecule has 6 nitrogen and oxygen atoms in total. The fourth-order valence-corrected chi connectivity index (χ4v) is 3.76. The number of amides is 1. The Balaban J connectivity index is 1.56. The van der Waals surface area contributed by atoms with Gasteiger partial charge in [-0.15, -0.1) is 0 Å². The maximum atomic E-state index is 11.6. The lowest BCUT2D eigenvalue weighted by Gasteiger charge is -2.34. The minimum atomic E-state index is 0.0254. The Kier molecular flexibility index (Phi) is 6.51. The number of carbonyl (C=O) groups excluding carboxylic acids is 1. The van der Waals surface area contributed by atoms with Crippen molar-refractivity contribution in [2.75, 3.05) is 47.1 Å². The van der Waals surface area contributed by atoms with E-state index in [1.807, 2.05) is 0 Å². The predicted molar refractivity (Wildman–Crippen MR) is 96.3 cm³/mol. The van der Waals surface area contributed by atoms with E-state index in [4.69, 9.17) is 9.47 Å². The van der Waals surface area contributed by atoms with Gasteiger partial charge in [-0.2, -0.15) is 0 Å². The van der Waals surface area contributed by atoms with E-state index < -0.39 is 0 Å². The number of likely N-dealkylation sites (N-methyl/N-ethyl adjacent to an activating group) is 1. The van der Waals surface area contributed by atoms with Gasteiger partial charge in [0.05, 0.1) is 0 Å². The normalized spacial score (nSPS) is 22.4. The van der Waals surface area contributed by atoms with Crippen LogP contribution < -0.4 is 0 Å². The molecule has 1 fully saturated rings. The lowest BCUT2D eigenvalue weighted by atomic mass is 10.0. The third-order valence-corrected chi connectivity index (χ3v) is 5.34. The third-order valence-electron chi connectivity index (χ3n) is 5.34. The van der Waals surface area contributed by atoms with Gasteiger partial charge in [-0.05, 0) is 37.3 Å². The van der Waals surface area contributed by atoms with E-state index in [1.54, 1.807) is 19.0 Å². The first-order valence-electron chi connectivity index (χ1n) is 9.37. The smallest absolute Gasteiger partial charge is 0.248 e. The van der Waals surface area contributed by atoms with Crippen LogP contribution in [-0.2, 0) is 27.4 Å². The van der Waals surface area contributed by atoms with E-state index in [9.17, 15) is 4.79 Å². The maximum absolute atomic E-state index is 11.6. The highest BCUT2D eigenvalue weighted by atomic mass is 16.5. The molecule has 1 saturated heterocycles. The van der Waals surface area contributed by atoms with E-state index in [0.29, 0.717) is 18.6 Å². The van der Waals surface area contributed by atoms with Crippen molar-refractivity contribution >= 4 is 5.91 Å². The van der Waals surface area contributed by atoms with Crippen molar-refractivity contribution in [3.8, 4) is 0 Å². The van der Waals surface area contributed by atoms with Crippen LogP contribution in [0.2, 0.25) is 0 Å². The Morgan fingerprint density at radius 1 is 1.32 bits per heavy atom. The molecule has 0 spiro atoms. The molecule has 0 bridgehead atoms. The molecule has 1 atom stereocenters. The molecule has 1 aromatic rings. The van der Waals surface area contributed by atoms with Crippen LogP contribution in [0.4, 0.5) is 0 Å². The van der Waals surface area contributed by atoms with Gasteiger partial charge in [-0.1, -0.05) is 0 Å². The molecule has 2 aliphatic rings. The molecule has 0 saturated carbocycles. The molecule has 0 N–H and O–H groups in total. The highest BCUT2D eigenvalue weighted by Crippen LogP contribution is 2.24. The van der Waals surface area contributed by atoms with Crippen molar-refractivity contribution in [3.05, 3.63) is 24.0 Å². The second kappa shape index (κ2) is 8.83. The first kappa shape index (κ1) is 18.4. The molecule has 3 rings (SSSR count). The Bertz CT molecular complexity index is 552. The highest BCUT2D eigenvalue weighted by molar-refractivity contribution is 5.76. The molecule has 0 aliphatic carbocycles. The van der Waals surface area contributed by atoms with Crippen LogP contribution in [0.25, 0.3) is 0 Å². The average Bonchev–Trinajstić information content (AvgIpc) is 2.97. The highest BCUT2D eigenvalue weighted by Gasteiger charge is 2.27. The molecule has 0 radical (unpaired) electrons. The van der Waals surface area contributed by atoms with E-state index in [1.165, 1.54) is 5.69 Å². The lowest BCUT2D eigenvalue weighted by Crippen LogP contribution is -2.41. The van der Waals surface area contributed by atoms with Crippen LogP contribution in [0.15, 0.2) is 18.3 Å². The standard InChI is InChI=1S/C19H31N3O3/c1-20(2)19(23)15-25-9-5-16-12-21-8-3-4-18(21)14-22(13-16)17-6-10-24-11-7-17/h3-4,8,16-17H,5-7,9-15H2,1-2H3/t16-/m1/s1. The van der Waals surface area contributed by atoms with Crippen molar-refractivity contribution in [3.63, 3.8) is 0 Å². The van der Waals surface area contributed by atoms with Crippen molar-refractivity contribution in [1.82, 2.24) is 14.4 Å². The van der Waals surface area contributed by atoms with Crippen molar-refractivity contribution in [2.45, 2.75) is 38.4 Å². The zero-order valence-electron chi connectivity index (χ0n) is 15.5. The molecule has 1 aromatic heterocycles. The van der Waals surface area contributed by atoms with Gasteiger partial charge in [0.2, 0.25) is 5.91 Å². The number of carbonyl (C=O) groups is 1. The molecule has 0 unspecified atom stereocenters. The fourth-order valence-electron chi connectivity index (χ4n) is 3.76. The summed E-state index contributed by atoms with van der Waals surface area (Å²) in [7, 11) is 3.52. The van der Waals surface area contributed by atoms with Crippen molar-refractivity contribution in [1.29, 1.82) is 0 Å². The first-order chi connectivity index (χ1) is 12.1. The lowest BCUT2D eigenvalue weighted by molar-refractivity contribution is -0.133. The third kappa shape index (κ3) is 5.06. The maximum Gasteiger partial charge on any atom is 0.248 e. The number of rotatable bonds is 6. The molecule has 0 aromatic carbocycles. The number of ether oxygens (including phenoxy) is 2. The van der Waals surface area contributed by atoms with E-state index >= 15 is 0 Å². The minimum Gasteiger partial charge on any atom is -0.381 e. The minimum absolute atomic E-state index is 0.0254. The summed E-state index contributed by atoms with van der Waals surface area (Å²) >= 11 is 0. The summed E-state index contributed by atoms with van der Waals surface area (Å²) in [5, 5.41) is 0. The van der Waals surface area contributed by atoms with Crippen LogP contribution in [0.5, 0.6) is 0 Å². The number of aromatic nitrogens is 1. The van der Waals surface area contributed by atoms with Crippen molar-refractivity contribution < 1.29 is 14.3 Å². The topological polar surface area (TPSA) is 46.9 Å². The second-order valence-corrected chi connectivity index (χ2v) is 7.42. The largest absolute Gasteiger partial charge is 0.381 e. The van der Waals surface area contributed by atoms with Crippen LogP contribution in [-0.4, -0.2) is 73.4 Å². The summed E-state index contributed by atoms with van der Waals surface area (Å²) in [6.45, 7) is 5.73. The number of hydrogen-bond donors (Lipinski definition) is 0. The summed E-state index contributed by atoms with van der Waals surface area (Å²) in [6, 6.07) is 5.00. The Labute approximate surface area is 150 Å². The molecule has 3 heterocycles. The van der Waals surface area contributed by atoms with Crippen LogP contribution in [0.3, 0.4) is 0 Å². The van der Waals surface area contributed by atoms with Crippen molar-refractivity contribution in [2.24, 2.45) is 5.92 Å². The van der Waals surface area contributed by atoms with Gasteiger partial charge in [0, 0.05) is 71.5 Å². The molecular weight excluding hydrogens is 318 g/mol. The molecule has 140 valence electrons. The van der Waals surface area contributed by atoms with E-state index in [0.717, 1.165) is 52.1 Å². The number of fused-ring (bicyclic) bond motifs is 1. The Morgan fingerprint density at radius 2 is 2.12 bits per heavy atom. The van der Waals surface area contributed by atoms with E-state index in [-0.39, 0.29) is 12.5 Å². The van der Waals surface area contributed by atoms with E-state index in [2.05, 4.69) is 27.8 Å². The van der Waals surface area contributed by atoms with Crippen LogP contribution >= 0.6 is 0 Å². The molecular formula is C19H31N3O3. The van der Waals surface area contributed by atoms with Gasteiger partial charge in [-0.25, -0.2) is 0 Å². The van der Waals surface area contributed by atoms with Crippen LogP contribution in [0, 0.1) is 5.92 Å². The summed E-state index contributed by atoms with van der Waals surface area (Å²) in [5.74, 6) is 0.573. The second-order valence-electron chi connectivity index (χ2n) is 7.42. The predicted octanol–water partition coefficient (Wildman–Crippen LogP) is 1.59. The average molecular weight is 349 g/mol. The van der Waals surface area contributed by atoms with Gasteiger partial charge in [0.1, 0.15) is 6.61 Å². The molecule has 2 aliphatic heterocycles. The summed E-state index contributed by atoms with van der Waals surface area (Å²) in [6.07, 6.45) is 5.42. The summed E-state index contributed by atoms with van der Waals surface area (Å²) in [5.41, 5.74) is 1.40. The zero-order chi connectivity index (χ0) is 17.6. The van der Waals surface area contributed by atoms with Gasteiger partial charge in [0.25, 0.3) is 0 Å². The van der Waals surface area contributed by atoms with Gasteiger partial charge in [-0.3, -0.25) is 9.69 Å². The zero-order valence-corrected chi connectivity index (χ0v) is 15.5. The monoisotopic (exact) mass is 349 g/mol. The Hall–Kier alpha value is -1.37. The molecule has 25 heavy (non-hydrogen) atoms. The number of hydrogen-bond acceptors (Lipinski definition) is 4. The first-order valence-corrected chi connectivity index (χ1v) is 9.37. The van der Waals surface area contributed by atoms with Gasteiger partial charge < -0.3 is 18.9 Å². The SMILES string of the molecule is CN(C)C(=O)COCC[C@H]1CN(C2CCOCC2)Cc2cccn2C1. The van der Waals surface area contributed by atoms with Gasteiger partial charge in [0.15, 0.2) is 0 Å². The van der Waals surface area contributed by atoms with Crippen LogP contribution in [0.1, 0.15) is 25.0 Å². The van der Waals surface area contributed by atoms with Gasteiger partial charge >= 0.3 is 0 Å². The summed E-state index contributed by atoms with van der Waals surface area (Å²) in [4.78, 5) is 15.8. The summed E-state index contributed by atoms with van der Waals surface area (Å²) < 4.78 is 13.5. The molecule has 1 amide bonds. The Morgan fingerprint density at radius 3 is 2.88 bits per heavy atom. The molecule has 6 heteroatoms. The number of nitrogens with zero attached hydrogens (tertiary/aromatic N) is 3. The quantitative estimate of drug-likeness (QED) is 0.732. The fraction of sp³-hybridized carbons (Fsp3) is 0.737.